The molecule has 1 aromatic rings. The number of thiazole rings is 1. The number of hydrogen-bond acceptors (Lipinski definition) is 6. The number of aliphatic hydroxyl groups excluding tert-OH is 1. The molecule has 0 spiro atoms. The van der Waals surface area contributed by atoms with Gasteiger partial charge >= 0.3 is 0 Å². The predicted molar refractivity (Wildman–Crippen MR) is 75.7 cm³/mol. The molecule has 19 heavy (non-hydrogen) atoms. The highest BCUT2D eigenvalue weighted by Gasteiger charge is 2.20. The Hall–Kier alpha value is -0.500. The Balaban J connectivity index is 1.92. The molecule has 1 unspecified atom stereocenters. The summed E-state index contributed by atoms with van der Waals surface area (Å²) in [7, 11) is -3.01. The maximum absolute atomic E-state index is 11.2. The number of aromatic nitrogens is 1. The van der Waals surface area contributed by atoms with Crippen molar-refractivity contribution in [3.05, 3.63) is 16.1 Å². The molecular weight excluding hydrogens is 284 g/mol. The van der Waals surface area contributed by atoms with Gasteiger partial charge in [-0.2, -0.15) is 0 Å². The van der Waals surface area contributed by atoms with Gasteiger partial charge in [0.05, 0.1) is 5.69 Å². The summed E-state index contributed by atoms with van der Waals surface area (Å²) in [5.41, 5.74) is 0.933. The molecule has 1 N–H and O–H groups in total. The van der Waals surface area contributed by atoms with E-state index in [1.165, 1.54) is 17.6 Å². The average Bonchev–Trinajstić information content (AvgIpc) is 2.74. The van der Waals surface area contributed by atoms with Gasteiger partial charge in [0.25, 0.3) is 0 Å². The molecule has 0 saturated carbocycles. The Labute approximate surface area is 118 Å². The molecule has 1 saturated heterocycles. The first-order valence-corrected chi connectivity index (χ1v) is 9.34. The minimum atomic E-state index is -3.01. The topological polar surface area (TPSA) is 70.5 Å². The van der Waals surface area contributed by atoms with Crippen molar-refractivity contribution in [1.82, 2.24) is 9.88 Å². The first-order chi connectivity index (χ1) is 8.96. The van der Waals surface area contributed by atoms with Gasteiger partial charge in [0, 0.05) is 31.3 Å². The zero-order chi connectivity index (χ0) is 13.9. The molecule has 0 amide bonds. The third-order valence-electron chi connectivity index (χ3n) is 3.23. The summed E-state index contributed by atoms with van der Waals surface area (Å²) in [6, 6.07) is 0. The van der Waals surface area contributed by atoms with Crippen LogP contribution in [0.1, 0.15) is 23.5 Å². The fourth-order valence-electron chi connectivity index (χ4n) is 2.39. The zero-order valence-corrected chi connectivity index (χ0v) is 12.7. The van der Waals surface area contributed by atoms with Crippen LogP contribution >= 0.6 is 11.3 Å². The van der Waals surface area contributed by atoms with Crippen LogP contribution < -0.4 is 0 Å². The summed E-state index contributed by atoms with van der Waals surface area (Å²) in [6.07, 6.45) is 3.42. The van der Waals surface area contributed by atoms with Crippen molar-refractivity contribution in [3.63, 3.8) is 0 Å². The summed E-state index contributed by atoms with van der Waals surface area (Å²) in [4.78, 5) is 6.66. The van der Waals surface area contributed by atoms with Gasteiger partial charge in [-0.1, -0.05) is 0 Å². The van der Waals surface area contributed by atoms with E-state index >= 15 is 0 Å². The second kappa shape index (κ2) is 6.30. The zero-order valence-electron chi connectivity index (χ0n) is 11.1. The third kappa shape index (κ3) is 4.83. The largest absolute Gasteiger partial charge is 0.396 e. The highest BCUT2D eigenvalue weighted by molar-refractivity contribution is 7.90. The number of aliphatic hydroxyl groups is 1. The fourth-order valence-corrected chi connectivity index (χ4v) is 4.38. The van der Waals surface area contributed by atoms with Crippen molar-refractivity contribution in [2.75, 3.05) is 26.0 Å². The second-order valence-corrected chi connectivity index (χ2v) is 8.31. The van der Waals surface area contributed by atoms with Crippen LogP contribution in [0.2, 0.25) is 0 Å². The molecule has 1 aliphatic rings. The van der Waals surface area contributed by atoms with Crippen molar-refractivity contribution in [3.8, 4) is 0 Å². The van der Waals surface area contributed by atoms with E-state index in [9.17, 15) is 13.5 Å². The van der Waals surface area contributed by atoms with Crippen LogP contribution in [0, 0.1) is 5.92 Å². The van der Waals surface area contributed by atoms with E-state index in [0.717, 1.165) is 38.2 Å². The van der Waals surface area contributed by atoms with E-state index in [1.807, 2.05) is 5.38 Å². The van der Waals surface area contributed by atoms with Crippen LogP contribution in [0.4, 0.5) is 0 Å². The summed E-state index contributed by atoms with van der Waals surface area (Å²) in [6.45, 7) is 2.91. The van der Waals surface area contributed by atoms with Gasteiger partial charge in [0.15, 0.2) is 9.84 Å². The molecule has 0 bridgehead atoms. The minimum absolute atomic E-state index is 0.0247. The molecule has 0 aliphatic carbocycles. The number of sulfone groups is 1. The maximum Gasteiger partial charge on any atom is 0.153 e. The van der Waals surface area contributed by atoms with Crippen molar-refractivity contribution < 1.29 is 13.5 Å². The van der Waals surface area contributed by atoms with Crippen molar-refractivity contribution in [2.24, 2.45) is 5.92 Å². The Kier molecular flexibility index (Phi) is 4.94. The van der Waals surface area contributed by atoms with Crippen molar-refractivity contribution >= 4 is 21.2 Å². The van der Waals surface area contributed by atoms with Crippen molar-refractivity contribution in [1.29, 1.82) is 0 Å². The Morgan fingerprint density at radius 1 is 1.58 bits per heavy atom. The molecular formula is C12H20N2O3S2. The quantitative estimate of drug-likeness (QED) is 0.875. The Bertz CT molecular complexity index is 513. The summed E-state index contributed by atoms with van der Waals surface area (Å²) < 4.78 is 22.4. The molecule has 0 radical (unpaired) electrons. The Morgan fingerprint density at radius 2 is 2.37 bits per heavy atom. The second-order valence-electron chi connectivity index (χ2n) is 5.23. The minimum Gasteiger partial charge on any atom is -0.396 e. The van der Waals surface area contributed by atoms with Crippen LogP contribution in [0.25, 0.3) is 0 Å². The van der Waals surface area contributed by atoms with E-state index in [2.05, 4.69) is 9.88 Å². The van der Waals surface area contributed by atoms with Gasteiger partial charge in [-0.15, -0.1) is 11.3 Å². The first kappa shape index (κ1) is 14.9. The number of likely N-dealkylation sites (tertiary alicyclic amines) is 1. The van der Waals surface area contributed by atoms with E-state index in [-0.39, 0.29) is 12.4 Å². The molecule has 2 heterocycles. The van der Waals surface area contributed by atoms with Gasteiger partial charge in [-0.25, -0.2) is 13.4 Å². The maximum atomic E-state index is 11.2. The smallest absolute Gasteiger partial charge is 0.153 e. The monoisotopic (exact) mass is 304 g/mol. The lowest BCUT2D eigenvalue weighted by molar-refractivity contribution is 0.115. The summed E-state index contributed by atoms with van der Waals surface area (Å²) in [5, 5.41) is 11.8. The fraction of sp³-hybridized carbons (Fsp3) is 0.750. The summed E-state index contributed by atoms with van der Waals surface area (Å²) in [5.74, 6) is 0.389. The van der Waals surface area contributed by atoms with E-state index in [0.29, 0.717) is 10.9 Å². The van der Waals surface area contributed by atoms with Gasteiger partial charge in [0.1, 0.15) is 10.8 Å². The highest BCUT2D eigenvalue weighted by Crippen LogP contribution is 2.19. The molecule has 2 rings (SSSR count). The number of rotatable bonds is 5. The van der Waals surface area contributed by atoms with E-state index in [1.54, 1.807) is 0 Å². The van der Waals surface area contributed by atoms with Crippen LogP contribution in [-0.4, -0.2) is 49.4 Å². The van der Waals surface area contributed by atoms with Gasteiger partial charge in [0.2, 0.25) is 0 Å². The molecule has 1 aromatic heterocycles. The van der Waals surface area contributed by atoms with Gasteiger partial charge < -0.3 is 5.11 Å². The molecule has 108 valence electrons. The van der Waals surface area contributed by atoms with Crippen LogP contribution in [0.15, 0.2) is 5.38 Å². The van der Waals surface area contributed by atoms with Crippen LogP contribution in [0.3, 0.4) is 0 Å². The van der Waals surface area contributed by atoms with E-state index in [4.69, 9.17) is 0 Å². The third-order valence-corrected chi connectivity index (χ3v) is 5.11. The molecule has 5 nitrogen and oxygen atoms in total. The predicted octanol–water partition coefficient (Wildman–Crippen LogP) is 0.892. The van der Waals surface area contributed by atoms with Gasteiger partial charge in [-0.05, 0) is 25.3 Å². The summed E-state index contributed by atoms with van der Waals surface area (Å²) >= 11 is 1.41. The normalized spacial score (nSPS) is 21.7. The van der Waals surface area contributed by atoms with Crippen LogP contribution in [-0.2, 0) is 22.1 Å². The highest BCUT2D eigenvalue weighted by atomic mass is 32.2. The lowest BCUT2D eigenvalue weighted by Crippen LogP contribution is -2.36. The molecule has 1 aliphatic heterocycles. The SMILES string of the molecule is CS(=O)(=O)Cc1nc(CN2CCCC(CO)C2)cs1. The molecule has 0 aromatic carbocycles. The standard InChI is InChI=1S/C12H20N2O3S2/c1-19(16,17)9-12-13-11(8-18-12)6-14-4-2-3-10(5-14)7-15/h8,10,15H,2-7,9H2,1H3. The number of hydrogen-bond donors (Lipinski definition) is 1. The first-order valence-electron chi connectivity index (χ1n) is 6.40. The molecule has 7 heteroatoms. The van der Waals surface area contributed by atoms with Crippen molar-refractivity contribution in [2.45, 2.75) is 25.1 Å². The number of piperidine rings is 1. The van der Waals surface area contributed by atoms with Gasteiger partial charge in [-0.3, -0.25) is 4.90 Å². The molecule has 1 atom stereocenters. The Morgan fingerprint density at radius 3 is 3.05 bits per heavy atom. The lowest BCUT2D eigenvalue weighted by atomic mass is 9.99. The van der Waals surface area contributed by atoms with E-state index < -0.39 is 9.84 Å². The number of nitrogens with zero attached hydrogens (tertiary/aromatic N) is 2. The van der Waals surface area contributed by atoms with Crippen LogP contribution in [0.5, 0.6) is 0 Å². The average molecular weight is 304 g/mol. The lowest BCUT2D eigenvalue weighted by Gasteiger charge is -2.31. The molecule has 1 fully saturated rings.